The summed E-state index contributed by atoms with van der Waals surface area (Å²) in [6.07, 6.45) is 5.48. The maximum absolute atomic E-state index is 12.6. The van der Waals surface area contributed by atoms with Gasteiger partial charge >= 0.3 is 0 Å². The van der Waals surface area contributed by atoms with E-state index in [0.29, 0.717) is 30.1 Å². The van der Waals surface area contributed by atoms with Crippen LogP contribution in [0.25, 0.3) is 0 Å². The average Bonchev–Trinajstić information content (AvgIpc) is 3.28. The third-order valence-electron chi connectivity index (χ3n) is 9.49. The van der Waals surface area contributed by atoms with Gasteiger partial charge in [-0.2, -0.15) is 5.26 Å². The number of carbonyl (C=O) groups excluding carboxylic acids is 1. The van der Waals surface area contributed by atoms with Crippen molar-refractivity contribution in [3.63, 3.8) is 0 Å². The van der Waals surface area contributed by atoms with Crippen LogP contribution in [0, 0.1) is 51.8 Å². The maximum atomic E-state index is 12.6. The highest BCUT2D eigenvalue weighted by molar-refractivity contribution is 5.92. The van der Waals surface area contributed by atoms with Crippen molar-refractivity contribution in [3.8, 4) is 6.07 Å². The molecule has 5 fully saturated rings. The van der Waals surface area contributed by atoms with Gasteiger partial charge in [0.25, 0.3) is 0 Å². The topological polar surface area (TPSA) is 73.6 Å². The number of aliphatic hydroxyl groups is 1. The Hall–Kier alpha value is -0.920. The van der Waals surface area contributed by atoms with Crippen LogP contribution >= 0.6 is 0 Å². The van der Waals surface area contributed by atoms with Gasteiger partial charge in [-0.15, -0.1) is 0 Å². The van der Waals surface area contributed by atoms with Gasteiger partial charge in [0, 0.05) is 5.41 Å². The summed E-state index contributed by atoms with van der Waals surface area (Å²) in [5, 5.41) is 20.1. The van der Waals surface area contributed by atoms with Crippen molar-refractivity contribution < 1.29 is 14.6 Å². The van der Waals surface area contributed by atoms with E-state index < -0.39 is 5.92 Å². The fraction of sp³-hybridized carbons (Fsp3) is 0.905. The fourth-order valence-corrected chi connectivity index (χ4v) is 8.18. The molecule has 0 bridgehead atoms. The molecular weight excluding hydrogens is 314 g/mol. The third-order valence-corrected chi connectivity index (χ3v) is 9.49. The summed E-state index contributed by atoms with van der Waals surface area (Å²) >= 11 is 0. The van der Waals surface area contributed by atoms with Crippen LogP contribution in [0.1, 0.15) is 59.3 Å². The van der Waals surface area contributed by atoms with E-state index >= 15 is 0 Å². The highest BCUT2D eigenvalue weighted by atomic mass is 16.6. The Balaban J connectivity index is 1.56. The summed E-state index contributed by atoms with van der Waals surface area (Å²) in [6.45, 7) is 6.86. The van der Waals surface area contributed by atoms with Gasteiger partial charge in [0.15, 0.2) is 5.78 Å². The van der Waals surface area contributed by atoms with Gasteiger partial charge in [0.05, 0.1) is 12.2 Å². The summed E-state index contributed by atoms with van der Waals surface area (Å²) < 4.78 is 6.19. The number of nitrogens with zero attached hydrogens (tertiary/aromatic N) is 1. The molecule has 136 valence electrons. The Bertz CT molecular complexity index is 685. The molecule has 1 aliphatic heterocycles. The largest absolute Gasteiger partial charge is 0.393 e. The number of aliphatic hydroxyl groups excluding tert-OH is 1. The second-order valence-corrected chi connectivity index (χ2v) is 10.1. The van der Waals surface area contributed by atoms with E-state index in [-0.39, 0.29) is 34.4 Å². The van der Waals surface area contributed by atoms with Crippen molar-refractivity contribution in [3.05, 3.63) is 0 Å². The van der Waals surface area contributed by atoms with Gasteiger partial charge in [-0.3, -0.25) is 4.79 Å². The predicted octanol–water partition coefficient (Wildman–Crippen LogP) is 3.09. The average molecular weight is 343 g/mol. The molecule has 5 rings (SSSR count). The van der Waals surface area contributed by atoms with Crippen molar-refractivity contribution >= 4 is 5.78 Å². The molecule has 10 atom stereocenters. The number of epoxide rings is 1. The highest BCUT2D eigenvalue weighted by Crippen LogP contribution is 2.74. The standard InChI is InChI=1S/C21H29NO3/c1-11-8-13-14-4-5-16(23)19(14,2)7-6-15(13)20(3)9-12(10-22)17(24)18-21(11,20)25-18/h11-16,18,23H,4-9H2,1-3H3/t11?,12-,13-,14-,15-,16?,18?,19?,20?,21+/m0/s1. The molecule has 5 unspecified atom stereocenters. The smallest absolute Gasteiger partial charge is 0.181 e. The zero-order valence-electron chi connectivity index (χ0n) is 15.5. The minimum absolute atomic E-state index is 0.0298. The second kappa shape index (κ2) is 4.67. The molecular formula is C21H29NO3. The summed E-state index contributed by atoms with van der Waals surface area (Å²) in [5.74, 6) is 1.57. The van der Waals surface area contributed by atoms with Crippen LogP contribution in [0.2, 0.25) is 0 Å². The number of Topliss-reactive ketones (excluding diaryl/α,β-unsaturated/α-hetero) is 1. The van der Waals surface area contributed by atoms with E-state index in [1.54, 1.807) is 0 Å². The maximum Gasteiger partial charge on any atom is 0.181 e. The first-order chi connectivity index (χ1) is 11.8. The van der Waals surface area contributed by atoms with Crippen molar-refractivity contribution in [2.45, 2.75) is 77.1 Å². The van der Waals surface area contributed by atoms with Gasteiger partial charge in [0.2, 0.25) is 0 Å². The number of hydrogen-bond acceptors (Lipinski definition) is 4. The Labute approximate surface area is 149 Å². The summed E-state index contributed by atoms with van der Waals surface area (Å²) in [5.41, 5.74) is -0.336. The van der Waals surface area contributed by atoms with Crippen LogP contribution in [-0.4, -0.2) is 28.7 Å². The normalized spacial score (nSPS) is 62.2. The van der Waals surface area contributed by atoms with E-state index in [4.69, 9.17) is 4.74 Å². The Morgan fingerprint density at radius 2 is 2.00 bits per heavy atom. The quantitative estimate of drug-likeness (QED) is 0.686. The zero-order chi connectivity index (χ0) is 17.8. The van der Waals surface area contributed by atoms with E-state index in [2.05, 4.69) is 26.8 Å². The lowest BCUT2D eigenvalue weighted by atomic mass is 9.42. The van der Waals surface area contributed by atoms with Gasteiger partial charge in [0.1, 0.15) is 17.6 Å². The minimum atomic E-state index is -0.501. The highest BCUT2D eigenvalue weighted by Gasteiger charge is 2.80. The first-order valence-corrected chi connectivity index (χ1v) is 10.1. The minimum Gasteiger partial charge on any atom is -0.393 e. The summed E-state index contributed by atoms with van der Waals surface area (Å²) in [7, 11) is 0. The molecule has 1 heterocycles. The van der Waals surface area contributed by atoms with Crippen molar-refractivity contribution in [2.75, 3.05) is 0 Å². The first-order valence-electron chi connectivity index (χ1n) is 10.1. The molecule has 0 aromatic carbocycles. The van der Waals surface area contributed by atoms with Crippen molar-refractivity contribution in [2.24, 2.45) is 40.4 Å². The summed E-state index contributed by atoms with van der Waals surface area (Å²) in [4.78, 5) is 12.6. The van der Waals surface area contributed by atoms with Crippen LogP contribution < -0.4 is 0 Å². The van der Waals surface area contributed by atoms with Crippen LogP contribution in [0.15, 0.2) is 0 Å². The number of ether oxygens (including phenoxy) is 1. The molecule has 1 N–H and O–H groups in total. The molecule has 1 spiro atoms. The van der Waals surface area contributed by atoms with Crippen LogP contribution in [0.3, 0.4) is 0 Å². The fourth-order valence-electron chi connectivity index (χ4n) is 8.18. The number of nitriles is 1. The van der Waals surface area contributed by atoms with Crippen LogP contribution in [-0.2, 0) is 9.53 Å². The molecule has 4 heteroatoms. The lowest BCUT2D eigenvalue weighted by Crippen LogP contribution is -2.62. The van der Waals surface area contributed by atoms with Crippen LogP contribution in [0.4, 0.5) is 0 Å². The Kier molecular flexibility index (Phi) is 3.04. The summed E-state index contributed by atoms with van der Waals surface area (Å²) in [6, 6.07) is 2.27. The molecule has 5 aliphatic rings. The molecule has 0 aromatic heterocycles. The monoisotopic (exact) mass is 343 g/mol. The molecule has 4 saturated carbocycles. The second-order valence-electron chi connectivity index (χ2n) is 10.1. The van der Waals surface area contributed by atoms with E-state index in [1.165, 1.54) is 0 Å². The lowest BCUT2D eigenvalue weighted by Gasteiger charge is -2.61. The first kappa shape index (κ1) is 16.3. The number of ketones is 1. The number of carbonyl (C=O) groups is 1. The molecule has 0 radical (unpaired) electrons. The number of fused-ring (bicyclic) bond motifs is 4. The van der Waals surface area contributed by atoms with E-state index in [1.807, 2.05) is 0 Å². The van der Waals surface area contributed by atoms with Crippen molar-refractivity contribution in [1.82, 2.24) is 0 Å². The van der Waals surface area contributed by atoms with Gasteiger partial charge in [-0.25, -0.2) is 0 Å². The zero-order valence-corrected chi connectivity index (χ0v) is 15.5. The van der Waals surface area contributed by atoms with Gasteiger partial charge < -0.3 is 9.84 Å². The molecule has 0 amide bonds. The molecule has 4 aliphatic carbocycles. The van der Waals surface area contributed by atoms with Gasteiger partial charge in [-0.1, -0.05) is 20.8 Å². The van der Waals surface area contributed by atoms with Crippen molar-refractivity contribution in [1.29, 1.82) is 5.26 Å². The van der Waals surface area contributed by atoms with E-state index in [9.17, 15) is 15.2 Å². The Morgan fingerprint density at radius 3 is 2.72 bits per heavy atom. The van der Waals surface area contributed by atoms with Gasteiger partial charge in [-0.05, 0) is 67.6 Å². The molecule has 1 saturated heterocycles. The molecule has 0 aromatic rings. The number of hydrogen-bond donors (Lipinski definition) is 1. The SMILES string of the molecule is CC1C[C@H]2[C@@H]3CCC(O)C3(C)CC[C@@H]2C2(C)C[C@@H](C#N)C(=O)C3O[C@]132. The van der Waals surface area contributed by atoms with E-state index in [0.717, 1.165) is 32.1 Å². The molecule has 4 nitrogen and oxygen atoms in total. The lowest BCUT2D eigenvalue weighted by molar-refractivity contribution is -0.150. The Morgan fingerprint density at radius 1 is 1.24 bits per heavy atom. The predicted molar refractivity (Wildman–Crippen MR) is 91.3 cm³/mol. The molecule has 25 heavy (non-hydrogen) atoms. The number of rotatable bonds is 0. The third kappa shape index (κ3) is 1.64. The van der Waals surface area contributed by atoms with Crippen LogP contribution in [0.5, 0.6) is 0 Å².